The largest absolute Gasteiger partial charge is 0.488 e. The summed E-state index contributed by atoms with van der Waals surface area (Å²) in [5.41, 5.74) is -0.424. The van der Waals surface area contributed by atoms with Crippen LogP contribution in [0.5, 0.6) is 5.75 Å². The Morgan fingerprint density at radius 1 is 1.27 bits per heavy atom. The summed E-state index contributed by atoms with van der Waals surface area (Å²) in [6.07, 6.45) is -1.92. The van der Waals surface area contributed by atoms with Gasteiger partial charge in [-0.1, -0.05) is 11.6 Å². The van der Waals surface area contributed by atoms with Gasteiger partial charge in [0.2, 0.25) is 0 Å². The Morgan fingerprint density at radius 2 is 2.00 bits per heavy atom. The second-order valence-electron chi connectivity index (χ2n) is 4.29. The number of pyridine rings is 1. The number of aldehydes is 1. The molecule has 0 fully saturated rings. The first-order valence-electron chi connectivity index (χ1n) is 5.89. The molecule has 1 heterocycles. The van der Waals surface area contributed by atoms with Crippen LogP contribution >= 0.6 is 27.5 Å². The number of carbonyl (C=O) groups excluding carboxylic acids is 1. The van der Waals surface area contributed by atoms with E-state index in [1.807, 2.05) is 0 Å². The fraction of sp³-hybridized carbons (Fsp3) is 0.143. The van der Waals surface area contributed by atoms with Gasteiger partial charge in [0.1, 0.15) is 12.4 Å². The molecule has 0 atom stereocenters. The first-order valence-corrected chi connectivity index (χ1v) is 7.06. The normalized spacial score (nSPS) is 11.3. The van der Waals surface area contributed by atoms with Crippen molar-refractivity contribution in [3.63, 3.8) is 0 Å². The number of halogens is 5. The molecule has 0 saturated carbocycles. The molecule has 116 valence electrons. The molecule has 2 aromatic rings. The third kappa shape index (κ3) is 3.98. The Morgan fingerprint density at radius 3 is 2.64 bits per heavy atom. The van der Waals surface area contributed by atoms with E-state index in [4.69, 9.17) is 16.3 Å². The van der Waals surface area contributed by atoms with Crippen molar-refractivity contribution in [1.29, 1.82) is 0 Å². The highest BCUT2D eigenvalue weighted by molar-refractivity contribution is 9.10. The molecule has 0 aliphatic rings. The van der Waals surface area contributed by atoms with Crippen molar-refractivity contribution in [2.75, 3.05) is 0 Å². The second kappa shape index (κ2) is 6.66. The van der Waals surface area contributed by atoms with Gasteiger partial charge in [0.05, 0.1) is 16.1 Å². The Hall–Kier alpha value is -1.60. The number of hydrogen-bond donors (Lipinski definition) is 0. The van der Waals surface area contributed by atoms with Crippen molar-refractivity contribution in [2.24, 2.45) is 0 Å². The van der Waals surface area contributed by atoms with E-state index in [9.17, 15) is 18.0 Å². The lowest BCUT2D eigenvalue weighted by Gasteiger charge is -2.11. The van der Waals surface area contributed by atoms with Crippen LogP contribution in [0.2, 0.25) is 5.02 Å². The van der Waals surface area contributed by atoms with E-state index < -0.39 is 11.7 Å². The van der Waals surface area contributed by atoms with Crippen LogP contribution in [0.25, 0.3) is 0 Å². The van der Waals surface area contributed by atoms with Gasteiger partial charge in [-0.3, -0.25) is 9.78 Å². The highest BCUT2D eigenvalue weighted by Gasteiger charge is 2.31. The van der Waals surface area contributed by atoms with E-state index >= 15 is 0 Å². The summed E-state index contributed by atoms with van der Waals surface area (Å²) in [6.45, 7) is -0.161. The first kappa shape index (κ1) is 16.8. The number of rotatable bonds is 4. The van der Waals surface area contributed by atoms with Crippen molar-refractivity contribution in [3.8, 4) is 5.75 Å². The van der Waals surface area contributed by atoms with Crippen LogP contribution in [0.1, 0.15) is 21.5 Å². The molecule has 2 rings (SSSR count). The third-order valence-electron chi connectivity index (χ3n) is 2.70. The maximum absolute atomic E-state index is 12.6. The van der Waals surface area contributed by atoms with Crippen LogP contribution in [0.3, 0.4) is 0 Å². The van der Waals surface area contributed by atoms with E-state index in [0.29, 0.717) is 15.8 Å². The molecule has 8 heteroatoms. The minimum atomic E-state index is -4.47. The smallest absolute Gasteiger partial charge is 0.417 e. The monoisotopic (exact) mass is 393 g/mol. The van der Waals surface area contributed by atoms with E-state index in [1.165, 1.54) is 18.3 Å². The SMILES string of the molecule is O=Cc1cc(Cl)c(Br)cc1OCc1cncc(C(F)(F)F)c1. The molecule has 0 radical (unpaired) electrons. The standard InChI is InChI=1S/C14H8BrClF3NO2/c15-11-3-13(9(6-21)2-12(11)16)22-7-8-1-10(5-20-4-8)14(17,18)19/h1-6H,7H2. The summed E-state index contributed by atoms with van der Waals surface area (Å²) in [5, 5.41) is 0.329. The van der Waals surface area contributed by atoms with Crippen molar-refractivity contribution in [3.05, 3.63) is 56.8 Å². The molecule has 0 amide bonds. The molecule has 0 aliphatic carbocycles. The van der Waals surface area contributed by atoms with E-state index in [0.717, 1.165) is 12.3 Å². The molecule has 0 bridgehead atoms. The maximum Gasteiger partial charge on any atom is 0.417 e. The van der Waals surface area contributed by atoms with Crippen LogP contribution in [-0.4, -0.2) is 11.3 Å². The van der Waals surface area contributed by atoms with Gasteiger partial charge in [0.25, 0.3) is 0 Å². The molecule has 0 N–H and O–H groups in total. The molecule has 0 unspecified atom stereocenters. The number of nitrogens with zero attached hydrogens (tertiary/aromatic N) is 1. The van der Waals surface area contributed by atoms with E-state index in [-0.39, 0.29) is 23.5 Å². The number of hydrogen-bond acceptors (Lipinski definition) is 3. The van der Waals surface area contributed by atoms with Gasteiger partial charge >= 0.3 is 6.18 Å². The first-order chi connectivity index (χ1) is 10.3. The summed E-state index contributed by atoms with van der Waals surface area (Å²) < 4.78 is 43.7. The highest BCUT2D eigenvalue weighted by Crippen LogP contribution is 2.31. The van der Waals surface area contributed by atoms with Crippen molar-refractivity contribution in [1.82, 2.24) is 4.98 Å². The predicted octanol–water partition coefficient (Wildman–Crippen LogP) is 4.91. The lowest BCUT2D eigenvalue weighted by molar-refractivity contribution is -0.137. The van der Waals surface area contributed by atoms with Crippen molar-refractivity contribution >= 4 is 33.8 Å². The summed E-state index contributed by atoms with van der Waals surface area (Å²) in [5.74, 6) is 0.212. The number of ether oxygens (including phenoxy) is 1. The zero-order chi connectivity index (χ0) is 16.3. The van der Waals surface area contributed by atoms with Gasteiger partial charge < -0.3 is 4.74 Å². The Bertz CT molecular complexity index is 707. The Balaban J connectivity index is 2.20. The minimum absolute atomic E-state index is 0.161. The number of aromatic nitrogens is 1. The zero-order valence-corrected chi connectivity index (χ0v) is 13.2. The van der Waals surface area contributed by atoms with Gasteiger partial charge in [0, 0.05) is 22.4 Å². The molecular formula is C14H8BrClF3NO2. The number of benzene rings is 1. The summed E-state index contributed by atoms with van der Waals surface area (Å²) in [7, 11) is 0. The fourth-order valence-corrected chi connectivity index (χ4v) is 2.14. The zero-order valence-electron chi connectivity index (χ0n) is 10.8. The molecule has 0 spiro atoms. The van der Waals surface area contributed by atoms with Crippen LogP contribution in [0.4, 0.5) is 13.2 Å². The summed E-state index contributed by atoms with van der Waals surface area (Å²) >= 11 is 9.04. The second-order valence-corrected chi connectivity index (χ2v) is 5.55. The summed E-state index contributed by atoms with van der Waals surface area (Å²) in [4.78, 5) is 14.5. The van der Waals surface area contributed by atoms with Gasteiger partial charge in [-0.15, -0.1) is 0 Å². The lowest BCUT2D eigenvalue weighted by Crippen LogP contribution is -2.07. The molecule has 3 nitrogen and oxygen atoms in total. The Kier molecular flexibility index (Phi) is 5.08. The topological polar surface area (TPSA) is 39.2 Å². The van der Waals surface area contributed by atoms with Crippen molar-refractivity contribution < 1.29 is 22.7 Å². The van der Waals surface area contributed by atoms with Gasteiger partial charge in [-0.2, -0.15) is 13.2 Å². The van der Waals surface area contributed by atoms with Gasteiger partial charge in [-0.05, 0) is 34.1 Å². The van der Waals surface area contributed by atoms with Gasteiger partial charge in [0.15, 0.2) is 6.29 Å². The lowest BCUT2D eigenvalue weighted by atomic mass is 10.2. The fourth-order valence-electron chi connectivity index (χ4n) is 1.64. The molecule has 1 aromatic carbocycles. The summed E-state index contributed by atoms with van der Waals surface area (Å²) in [6, 6.07) is 3.82. The van der Waals surface area contributed by atoms with Crippen LogP contribution in [-0.2, 0) is 12.8 Å². The van der Waals surface area contributed by atoms with Crippen molar-refractivity contribution in [2.45, 2.75) is 12.8 Å². The molecule has 1 aromatic heterocycles. The van der Waals surface area contributed by atoms with E-state index in [2.05, 4.69) is 20.9 Å². The predicted molar refractivity (Wildman–Crippen MR) is 78.1 cm³/mol. The average Bonchev–Trinajstić information content (AvgIpc) is 2.47. The van der Waals surface area contributed by atoms with Gasteiger partial charge in [-0.25, -0.2) is 0 Å². The minimum Gasteiger partial charge on any atom is -0.488 e. The van der Waals surface area contributed by atoms with Crippen LogP contribution < -0.4 is 4.74 Å². The number of alkyl halides is 3. The van der Waals surface area contributed by atoms with E-state index in [1.54, 1.807) is 0 Å². The maximum atomic E-state index is 12.6. The molecule has 0 aliphatic heterocycles. The average molecular weight is 395 g/mol. The Labute approximate surface area is 137 Å². The number of carbonyl (C=O) groups is 1. The van der Waals surface area contributed by atoms with Crippen LogP contribution in [0.15, 0.2) is 35.1 Å². The highest BCUT2D eigenvalue weighted by atomic mass is 79.9. The molecule has 22 heavy (non-hydrogen) atoms. The third-order valence-corrected chi connectivity index (χ3v) is 3.89. The van der Waals surface area contributed by atoms with Crippen LogP contribution in [0, 0.1) is 0 Å². The molecule has 0 saturated heterocycles. The quantitative estimate of drug-likeness (QED) is 0.692. The molecular weight excluding hydrogens is 387 g/mol.